The molecule has 0 radical (unpaired) electrons. The summed E-state index contributed by atoms with van der Waals surface area (Å²) < 4.78 is 15.6. The number of carbonyl (C=O) groups is 2. The average molecular weight is 375 g/mol. The minimum atomic E-state index is -0.548. The molecule has 1 heterocycles. The quantitative estimate of drug-likeness (QED) is 0.715. The molecule has 1 aliphatic heterocycles. The summed E-state index contributed by atoms with van der Waals surface area (Å²) in [6.07, 6.45) is 3.16. The van der Waals surface area contributed by atoms with E-state index in [0.717, 1.165) is 25.8 Å². The van der Waals surface area contributed by atoms with E-state index < -0.39 is 5.97 Å². The first-order chi connectivity index (χ1) is 12.7. The topological polar surface area (TPSA) is 65.1 Å². The van der Waals surface area contributed by atoms with Gasteiger partial charge >= 0.3 is 5.97 Å². The minimum absolute atomic E-state index is 0.112. The van der Waals surface area contributed by atoms with E-state index in [0.29, 0.717) is 11.5 Å². The number of carbonyl (C=O) groups excluding carboxylic acids is 2. The molecule has 27 heavy (non-hydrogen) atoms. The summed E-state index contributed by atoms with van der Waals surface area (Å²) in [4.78, 5) is 26.4. The molecule has 2 fully saturated rings. The van der Waals surface area contributed by atoms with Crippen LogP contribution < -0.4 is 9.47 Å². The van der Waals surface area contributed by atoms with Crippen molar-refractivity contribution in [2.75, 3.05) is 26.9 Å². The number of fused-ring (bicyclic) bond motifs is 2. The zero-order valence-corrected chi connectivity index (χ0v) is 16.6. The lowest BCUT2D eigenvalue weighted by molar-refractivity contribution is -0.154. The maximum Gasteiger partial charge on any atom is 0.344 e. The average Bonchev–Trinajstić information content (AvgIpc) is 2.87. The lowest BCUT2D eigenvalue weighted by atomic mass is 9.65. The molecule has 6 heteroatoms. The van der Waals surface area contributed by atoms with Crippen molar-refractivity contribution in [3.05, 3.63) is 24.3 Å². The maximum absolute atomic E-state index is 12.6. The molecule has 2 unspecified atom stereocenters. The fourth-order valence-electron chi connectivity index (χ4n) is 4.83. The first-order valence-electron chi connectivity index (χ1n) is 9.42. The normalized spacial score (nSPS) is 25.8. The summed E-state index contributed by atoms with van der Waals surface area (Å²) in [5.74, 6) is 0.595. The van der Waals surface area contributed by atoms with Crippen LogP contribution in [0.15, 0.2) is 24.3 Å². The van der Waals surface area contributed by atoms with Crippen LogP contribution in [0.25, 0.3) is 0 Å². The number of ether oxygens (including phenoxy) is 3. The van der Waals surface area contributed by atoms with Gasteiger partial charge in [-0.25, -0.2) is 4.79 Å². The van der Waals surface area contributed by atoms with Crippen LogP contribution in [0, 0.1) is 10.8 Å². The standard InChI is InChI=1S/C21H29NO5/c1-20(2)9-15-10-21(3,13-20)14-22(15)18(23)11-27-19(24)12-26-17-7-5-16(25-4)6-8-17/h5-8,15H,9-14H2,1-4H3. The van der Waals surface area contributed by atoms with Crippen LogP contribution in [0.5, 0.6) is 11.5 Å². The lowest BCUT2D eigenvalue weighted by Gasteiger charge is -2.39. The van der Waals surface area contributed by atoms with E-state index in [-0.39, 0.29) is 36.0 Å². The molecule has 0 spiro atoms. The second-order valence-electron chi connectivity index (χ2n) is 8.86. The Kier molecular flexibility index (Phi) is 5.36. The molecule has 2 atom stereocenters. The molecule has 1 amide bonds. The van der Waals surface area contributed by atoms with Crippen molar-refractivity contribution in [2.24, 2.45) is 10.8 Å². The SMILES string of the molecule is COc1ccc(OCC(=O)OCC(=O)N2CC3(C)CC2CC(C)(C)C3)cc1. The van der Waals surface area contributed by atoms with Gasteiger partial charge in [-0.15, -0.1) is 0 Å². The highest BCUT2D eigenvalue weighted by atomic mass is 16.6. The second-order valence-corrected chi connectivity index (χ2v) is 8.86. The van der Waals surface area contributed by atoms with Crippen LogP contribution in [0.3, 0.4) is 0 Å². The number of hydrogen-bond acceptors (Lipinski definition) is 5. The van der Waals surface area contributed by atoms with Crippen LogP contribution in [0.2, 0.25) is 0 Å². The second kappa shape index (κ2) is 7.41. The Morgan fingerprint density at radius 3 is 2.41 bits per heavy atom. The third-order valence-corrected chi connectivity index (χ3v) is 5.51. The summed E-state index contributed by atoms with van der Waals surface area (Å²) in [7, 11) is 1.58. The molecule has 1 saturated heterocycles. The van der Waals surface area contributed by atoms with Gasteiger partial charge in [-0.1, -0.05) is 20.8 Å². The van der Waals surface area contributed by atoms with Crippen LogP contribution in [-0.4, -0.2) is 49.7 Å². The Balaban J connectivity index is 1.45. The monoisotopic (exact) mass is 375 g/mol. The van der Waals surface area contributed by atoms with Gasteiger partial charge in [-0.05, 0) is 54.4 Å². The number of rotatable bonds is 6. The summed E-state index contributed by atoms with van der Waals surface area (Å²) >= 11 is 0. The van der Waals surface area contributed by atoms with E-state index in [9.17, 15) is 9.59 Å². The highest BCUT2D eigenvalue weighted by Crippen LogP contribution is 2.52. The van der Waals surface area contributed by atoms with Gasteiger partial charge in [0.25, 0.3) is 5.91 Å². The molecule has 0 N–H and O–H groups in total. The van der Waals surface area contributed by atoms with Crippen molar-refractivity contribution < 1.29 is 23.8 Å². The fourth-order valence-corrected chi connectivity index (χ4v) is 4.83. The predicted molar refractivity (Wildman–Crippen MR) is 101 cm³/mol. The van der Waals surface area contributed by atoms with Crippen molar-refractivity contribution >= 4 is 11.9 Å². The lowest BCUT2D eigenvalue weighted by Crippen LogP contribution is -2.40. The Morgan fingerprint density at radius 2 is 1.74 bits per heavy atom. The molecule has 3 rings (SSSR count). The Labute approximate surface area is 160 Å². The van der Waals surface area contributed by atoms with Gasteiger partial charge in [-0.2, -0.15) is 0 Å². The number of benzene rings is 1. The van der Waals surface area contributed by atoms with Gasteiger partial charge in [0.2, 0.25) is 0 Å². The summed E-state index contributed by atoms with van der Waals surface area (Å²) in [6, 6.07) is 7.17. The van der Waals surface area contributed by atoms with Crippen molar-refractivity contribution in [3.63, 3.8) is 0 Å². The predicted octanol–water partition coefficient (Wildman–Crippen LogP) is 3.04. The Bertz CT molecular complexity index is 699. The van der Waals surface area contributed by atoms with Gasteiger partial charge in [0.05, 0.1) is 7.11 Å². The van der Waals surface area contributed by atoms with Crippen molar-refractivity contribution in [1.29, 1.82) is 0 Å². The first kappa shape index (κ1) is 19.5. The van der Waals surface area contributed by atoms with E-state index in [1.54, 1.807) is 31.4 Å². The smallest absolute Gasteiger partial charge is 0.344 e. The van der Waals surface area contributed by atoms with Crippen LogP contribution in [-0.2, 0) is 14.3 Å². The molecule has 2 aliphatic rings. The van der Waals surface area contributed by atoms with E-state index in [4.69, 9.17) is 14.2 Å². The number of likely N-dealkylation sites (tertiary alicyclic amines) is 1. The van der Waals surface area contributed by atoms with Gasteiger partial charge in [-0.3, -0.25) is 4.79 Å². The molecule has 1 saturated carbocycles. The van der Waals surface area contributed by atoms with Gasteiger partial charge in [0.15, 0.2) is 13.2 Å². The number of hydrogen-bond donors (Lipinski definition) is 0. The van der Waals surface area contributed by atoms with Gasteiger partial charge in [0, 0.05) is 12.6 Å². The summed E-state index contributed by atoms with van der Waals surface area (Å²) in [5.41, 5.74) is 0.416. The number of nitrogens with zero attached hydrogens (tertiary/aromatic N) is 1. The van der Waals surface area contributed by atoms with E-state index in [1.165, 1.54) is 0 Å². The van der Waals surface area contributed by atoms with Crippen LogP contribution >= 0.6 is 0 Å². The molecule has 0 aromatic heterocycles. The van der Waals surface area contributed by atoms with Crippen molar-refractivity contribution in [1.82, 2.24) is 4.90 Å². The summed E-state index contributed by atoms with van der Waals surface area (Å²) in [5, 5.41) is 0. The van der Waals surface area contributed by atoms with E-state index >= 15 is 0 Å². The van der Waals surface area contributed by atoms with E-state index in [1.807, 2.05) is 4.90 Å². The van der Waals surface area contributed by atoms with Gasteiger partial charge < -0.3 is 19.1 Å². The fraction of sp³-hybridized carbons (Fsp3) is 0.619. The summed E-state index contributed by atoms with van der Waals surface area (Å²) in [6.45, 7) is 7.08. The number of amides is 1. The third-order valence-electron chi connectivity index (χ3n) is 5.51. The first-order valence-corrected chi connectivity index (χ1v) is 9.42. The molecule has 1 aromatic carbocycles. The Morgan fingerprint density at radius 1 is 1.07 bits per heavy atom. The molecule has 1 aromatic rings. The third kappa shape index (κ3) is 4.73. The maximum atomic E-state index is 12.6. The number of esters is 1. The Hall–Kier alpha value is -2.24. The highest BCUT2D eigenvalue weighted by molar-refractivity contribution is 5.81. The zero-order chi connectivity index (χ0) is 19.7. The zero-order valence-electron chi connectivity index (χ0n) is 16.6. The van der Waals surface area contributed by atoms with Gasteiger partial charge in [0.1, 0.15) is 11.5 Å². The van der Waals surface area contributed by atoms with Crippen molar-refractivity contribution in [2.45, 2.75) is 46.1 Å². The van der Waals surface area contributed by atoms with Crippen LogP contribution in [0.4, 0.5) is 0 Å². The number of methoxy groups -OCH3 is 1. The van der Waals surface area contributed by atoms with E-state index in [2.05, 4.69) is 20.8 Å². The molecule has 2 bridgehead atoms. The largest absolute Gasteiger partial charge is 0.497 e. The van der Waals surface area contributed by atoms with Crippen molar-refractivity contribution in [3.8, 4) is 11.5 Å². The molecule has 1 aliphatic carbocycles. The highest BCUT2D eigenvalue weighted by Gasteiger charge is 2.50. The molecule has 6 nitrogen and oxygen atoms in total. The molecular weight excluding hydrogens is 346 g/mol. The minimum Gasteiger partial charge on any atom is -0.497 e. The molecular formula is C21H29NO5. The molecule has 148 valence electrons. The van der Waals surface area contributed by atoms with Crippen LogP contribution in [0.1, 0.15) is 40.0 Å².